The Hall–Kier alpha value is -2.63. The van der Waals surface area contributed by atoms with E-state index in [1.165, 1.54) is 0 Å². The van der Waals surface area contributed by atoms with Crippen molar-refractivity contribution in [1.29, 1.82) is 0 Å². The van der Waals surface area contributed by atoms with Crippen molar-refractivity contribution in [3.05, 3.63) is 53.3 Å². The summed E-state index contributed by atoms with van der Waals surface area (Å²) in [5.41, 5.74) is 2.54. The number of nitrogens with zero attached hydrogens (tertiary/aromatic N) is 2. The minimum atomic E-state index is -0.211. The quantitative estimate of drug-likeness (QED) is 0.880. The van der Waals surface area contributed by atoms with Gasteiger partial charge < -0.3 is 10.2 Å². The number of amides is 2. The Labute approximate surface area is 140 Å². The van der Waals surface area contributed by atoms with Gasteiger partial charge in [-0.25, -0.2) is 0 Å². The zero-order chi connectivity index (χ0) is 16.5. The molecule has 2 amide bonds. The third-order valence-electron chi connectivity index (χ3n) is 4.61. The van der Waals surface area contributed by atoms with Crippen molar-refractivity contribution in [3.8, 4) is 0 Å². The Morgan fingerprint density at radius 3 is 2.83 bits per heavy atom. The number of H-pyrrole nitrogens is 1. The topological polar surface area (TPSA) is 78.1 Å². The third kappa shape index (κ3) is 3.18. The van der Waals surface area contributed by atoms with Crippen molar-refractivity contribution in [2.45, 2.75) is 37.8 Å². The molecule has 0 spiro atoms. The van der Waals surface area contributed by atoms with Crippen LogP contribution in [-0.4, -0.2) is 39.5 Å². The van der Waals surface area contributed by atoms with E-state index in [4.69, 9.17) is 0 Å². The van der Waals surface area contributed by atoms with Crippen molar-refractivity contribution in [1.82, 2.24) is 20.4 Å². The van der Waals surface area contributed by atoms with Gasteiger partial charge in [0.1, 0.15) is 5.69 Å². The van der Waals surface area contributed by atoms with E-state index in [1.807, 2.05) is 36.4 Å². The summed E-state index contributed by atoms with van der Waals surface area (Å²) in [5, 5.41) is 9.96. The van der Waals surface area contributed by atoms with Crippen LogP contribution in [0, 0.1) is 0 Å². The standard InChI is InChI=1S/C18H20N4O2/c23-17-8-14(11-22(17)10-12-4-2-1-3-5-12)19-18(24)16-9-15(20-21-16)13-6-7-13/h1-5,9,13-14H,6-8,10-11H2,(H,19,24)(H,20,21)/t14-/m0/s1. The molecule has 1 saturated heterocycles. The van der Waals surface area contributed by atoms with Crippen LogP contribution >= 0.6 is 0 Å². The molecule has 1 aliphatic heterocycles. The van der Waals surface area contributed by atoms with E-state index in [-0.39, 0.29) is 17.9 Å². The molecule has 0 unspecified atom stereocenters. The highest BCUT2D eigenvalue weighted by Crippen LogP contribution is 2.38. The van der Waals surface area contributed by atoms with Crippen molar-refractivity contribution in [3.63, 3.8) is 0 Å². The number of aromatic nitrogens is 2. The Morgan fingerprint density at radius 1 is 1.29 bits per heavy atom. The number of nitrogens with one attached hydrogen (secondary N) is 2. The van der Waals surface area contributed by atoms with Gasteiger partial charge >= 0.3 is 0 Å². The number of carbonyl (C=O) groups is 2. The second kappa shape index (κ2) is 6.11. The summed E-state index contributed by atoms with van der Waals surface area (Å²) in [4.78, 5) is 26.3. The van der Waals surface area contributed by atoms with Gasteiger partial charge in [0.25, 0.3) is 5.91 Å². The molecule has 2 N–H and O–H groups in total. The van der Waals surface area contributed by atoms with Gasteiger partial charge in [0.15, 0.2) is 0 Å². The molecule has 1 aromatic carbocycles. The average molecular weight is 324 g/mol. The number of rotatable bonds is 5. The summed E-state index contributed by atoms with van der Waals surface area (Å²) in [6, 6.07) is 11.6. The molecule has 2 heterocycles. The summed E-state index contributed by atoms with van der Waals surface area (Å²) in [6.45, 7) is 1.12. The van der Waals surface area contributed by atoms with Gasteiger partial charge in [-0.1, -0.05) is 30.3 Å². The molecule has 24 heavy (non-hydrogen) atoms. The first-order valence-electron chi connectivity index (χ1n) is 8.37. The molecule has 0 bridgehead atoms. The van der Waals surface area contributed by atoms with Gasteiger partial charge in [-0.15, -0.1) is 0 Å². The number of likely N-dealkylation sites (tertiary alicyclic amines) is 1. The first-order valence-corrected chi connectivity index (χ1v) is 8.37. The summed E-state index contributed by atoms with van der Waals surface area (Å²) in [7, 11) is 0. The van der Waals surface area contributed by atoms with Gasteiger partial charge in [0, 0.05) is 31.1 Å². The zero-order valence-electron chi connectivity index (χ0n) is 13.4. The largest absolute Gasteiger partial charge is 0.346 e. The molecule has 4 rings (SSSR count). The van der Waals surface area contributed by atoms with Crippen molar-refractivity contribution in [2.24, 2.45) is 0 Å². The minimum Gasteiger partial charge on any atom is -0.346 e. The highest BCUT2D eigenvalue weighted by atomic mass is 16.2. The molecular weight excluding hydrogens is 304 g/mol. The van der Waals surface area contributed by atoms with E-state index < -0.39 is 0 Å². The Balaban J connectivity index is 1.35. The SMILES string of the molecule is O=C(N[C@H]1CC(=O)N(Cc2ccccc2)C1)c1cc(C2CC2)[nH]n1. The summed E-state index contributed by atoms with van der Waals surface area (Å²) >= 11 is 0. The summed E-state index contributed by atoms with van der Waals surface area (Å²) in [5.74, 6) is 0.399. The Morgan fingerprint density at radius 2 is 2.08 bits per heavy atom. The van der Waals surface area contributed by atoms with E-state index in [1.54, 1.807) is 4.90 Å². The lowest BCUT2D eigenvalue weighted by Crippen LogP contribution is -2.37. The Kier molecular flexibility index (Phi) is 3.80. The molecule has 124 valence electrons. The fourth-order valence-electron chi connectivity index (χ4n) is 3.14. The van der Waals surface area contributed by atoms with Crippen molar-refractivity contribution < 1.29 is 9.59 Å². The maximum Gasteiger partial charge on any atom is 0.272 e. The lowest BCUT2D eigenvalue weighted by molar-refractivity contribution is -0.128. The number of hydrogen-bond acceptors (Lipinski definition) is 3. The highest BCUT2D eigenvalue weighted by Gasteiger charge is 2.32. The second-order valence-corrected chi connectivity index (χ2v) is 6.62. The molecule has 2 aromatic rings. The molecular formula is C18H20N4O2. The van der Waals surface area contributed by atoms with Gasteiger partial charge in [-0.05, 0) is 24.5 Å². The molecule has 1 aliphatic carbocycles. The number of hydrogen-bond donors (Lipinski definition) is 2. The molecule has 6 heteroatoms. The normalized spacial score (nSPS) is 20.4. The lowest BCUT2D eigenvalue weighted by atomic mass is 10.2. The lowest BCUT2D eigenvalue weighted by Gasteiger charge is -2.17. The molecule has 2 aliphatic rings. The molecule has 1 atom stereocenters. The smallest absolute Gasteiger partial charge is 0.272 e. The van der Waals surface area contributed by atoms with Crippen LogP contribution in [0.1, 0.15) is 46.9 Å². The van der Waals surface area contributed by atoms with Crippen LogP contribution in [0.25, 0.3) is 0 Å². The number of benzene rings is 1. The van der Waals surface area contributed by atoms with Crippen LogP contribution in [0.2, 0.25) is 0 Å². The number of carbonyl (C=O) groups excluding carboxylic acids is 2. The predicted octanol–water partition coefficient (Wildman–Crippen LogP) is 1.82. The molecule has 1 aromatic heterocycles. The van der Waals surface area contributed by atoms with Crippen LogP contribution < -0.4 is 5.32 Å². The molecule has 2 fully saturated rings. The van der Waals surface area contributed by atoms with E-state index in [9.17, 15) is 9.59 Å². The van der Waals surface area contributed by atoms with E-state index in [0.717, 1.165) is 24.1 Å². The molecule has 0 radical (unpaired) electrons. The highest BCUT2D eigenvalue weighted by molar-refractivity contribution is 5.93. The van der Waals surface area contributed by atoms with E-state index >= 15 is 0 Å². The second-order valence-electron chi connectivity index (χ2n) is 6.62. The fourth-order valence-corrected chi connectivity index (χ4v) is 3.14. The van der Waals surface area contributed by atoms with Gasteiger partial charge in [-0.3, -0.25) is 14.7 Å². The molecule has 6 nitrogen and oxygen atoms in total. The van der Waals surface area contributed by atoms with Gasteiger partial charge in [0.05, 0.1) is 6.04 Å². The predicted molar refractivity (Wildman–Crippen MR) is 88.3 cm³/mol. The minimum absolute atomic E-state index is 0.0739. The Bertz CT molecular complexity index is 751. The first-order chi connectivity index (χ1) is 11.7. The van der Waals surface area contributed by atoms with Gasteiger partial charge in [-0.2, -0.15) is 5.10 Å². The zero-order valence-corrected chi connectivity index (χ0v) is 13.4. The average Bonchev–Trinajstić information content (AvgIpc) is 3.21. The maximum absolute atomic E-state index is 12.3. The van der Waals surface area contributed by atoms with E-state index in [0.29, 0.717) is 31.1 Å². The van der Waals surface area contributed by atoms with Crippen LogP contribution in [0.5, 0.6) is 0 Å². The van der Waals surface area contributed by atoms with Crippen LogP contribution in [0.15, 0.2) is 36.4 Å². The van der Waals surface area contributed by atoms with Crippen LogP contribution in [0.3, 0.4) is 0 Å². The molecule has 1 saturated carbocycles. The van der Waals surface area contributed by atoms with Crippen LogP contribution in [0.4, 0.5) is 0 Å². The van der Waals surface area contributed by atoms with Crippen molar-refractivity contribution in [2.75, 3.05) is 6.54 Å². The first kappa shape index (κ1) is 14.9. The van der Waals surface area contributed by atoms with Crippen LogP contribution in [-0.2, 0) is 11.3 Å². The third-order valence-corrected chi connectivity index (χ3v) is 4.61. The van der Waals surface area contributed by atoms with Gasteiger partial charge in [0.2, 0.25) is 5.91 Å². The maximum atomic E-state index is 12.3. The monoisotopic (exact) mass is 324 g/mol. The number of aromatic amines is 1. The summed E-state index contributed by atoms with van der Waals surface area (Å²) in [6.07, 6.45) is 2.67. The fraction of sp³-hybridized carbons (Fsp3) is 0.389. The van der Waals surface area contributed by atoms with Crippen molar-refractivity contribution >= 4 is 11.8 Å². The van der Waals surface area contributed by atoms with E-state index in [2.05, 4.69) is 15.5 Å². The summed E-state index contributed by atoms with van der Waals surface area (Å²) < 4.78 is 0.